The van der Waals surface area contributed by atoms with E-state index in [4.69, 9.17) is 19.9 Å². The molecule has 2 aliphatic heterocycles. The minimum Gasteiger partial charge on any atom is -0.350 e. The van der Waals surface area contributed by atoms with Gasteiger partial charge in [0.2, 0.25) is 11.9 Å². The third-order valence-electron chi connectivity index (χ3n) is 12.4. The zero-order chi connectivity index (χ0) is 50.1. The zero-order valence-corrected chi connectivity index (χ0v) is 43.3. The number of hydrogen-bond acceptors (Lipinski definition) is 13. The van der Waals surface area contributed by atoms with Crippen LogP contribution in [0, 0.1) is 23.3 Å². The van der Waals surface area contributed by atoms with Crippen LogP contribution in [-0.2, 0) is 6.54 Å². The van der Waals surface area contributed by atoms with Crippen molar-refractivity contribution in [2.75, 3.05) is 36.8 Å². The first-order chi connectivity index (χ1) is 35.7. The van der Waals surface area contributed by atoms with Gasteiger partial charge in [0.25, 0.3) is 0 Å². The second-order valence-corrected chi connectivity index (χ2v) is 19.2. The molecule has 0 spiro atoms. The molecule has 13 nitrogen and oxygen atoms in total. The number of piperidine rings is 2. The predicted octanol–water partition coefficient (Wildman–Crippen LogP) is 12.2. The van der Waals surface area contributed by atoms with E-state index in [1.165, 1.54) is 60.7 Å². The molecule has 6 aromatic heterocycles. The van der Waals surface area contributed by atoms with Gasteiger partial charge in [0.1, 0.15) is 40.9 Å². The number of nitrogens with one attached hydrogen (secondary N) is 3. The molecule has 3 N–H and O–H groups in total. The van der Waals surface area contributed by atoms with Crippen LogP contribution in [0.4, 0.5) is 29.5 Å². The van der Waals surface area contributed by atoms with Crippen LogP contribution >= 0.6 is 47.5 Å². The first-order valence-corrected chi connectivity index (χ1v) is 25.5. The summed E-state index contributed by atoms with van der Waals surface area (Å²) in [5.74, 6) is 0.101. The van der Waals surface area contributed by atoms with Crippen molar-refractivity contribution in [2.45, 2.75) is 44.3 Å². The maximum absolute atomic E-state index is 13.5. The summed E-state index contributed by atoms with van der Waals surface area (Å²) in [7, 11) is 0. The number of fused-ring (bicyclic) bond motifs is 2. The summed E-state index contributed by atoms with van der Waals surface area (Å²) < 4.78 is 56.3. The van der Waals surface area contributed by atoms with E-state index < -0.39 is 0 Å². The van der Waals surface area contributed by atoms with Crippen molar-refractivity contribution in [2.24, 2.45) is 0 Å². The van der Waals surface area contributed by atoms with Crippen LogP contribution in [0.1, 0.15) is 41.6 Å². The van der Waals surface area contributed by atoms with E-state index in [-0.39, 0.29) is 54.1 Å². The van der Waals surface area contributed by atoms with Crippen molar-refractivity contribution in [3.8, 4) is 45.3 Å². The van der Waals surface area contributed by atoms with Gasteiger partial charge in [0, 0.05) is 84.0 Å². The van der Waals surface area contributed by atoms with Crippen LogP contribution in [0.2, 0.25) is 0 Å². The number of likely N-dealkylation sites (tertiary alicyclic amines) is 1. The average molecular weight is 1090 g/mol. The van der Waals surface area contributed by atoms with Crippen molar-refractivity contribution in [3.63, 3.8) is 0 Å². The van der Waals surface area contributed by atoms with Crippen LogP contribution in [0.3, 0.4) is 0 Å². The molecule has 10 aromatic rings. The van der Waals surface area contributed by atoms with Crippen LogP contribution in [0.25, 0.3) is 55.2 Å². The van der Waals surface area contributed by atoms with Crippen molar-refractivity contribution in [1.29, 1.82) is 0 Å². The minimum atomic E-state index is -0.319. The monoisotopic (exact) mass is 1090 g/mol. The zero-order valence-electron chi connectivity index (χ0n) is 40.0. The highest BCUT2D eigenvalue weighted by atomic mass is 35.5. The Balaban J connectivity index is 0.000000170. The Kier molecular flexibility index (Phi) is 18.3. The highest BCUT2D eigenvalue weighted by Crippen LogP contribution is 2.35. The highest BCUT2D eigenvalue weighted by Gasteiger charge is 2.24. The molecule has 2 unspecified atom stereocenters. The number of imidazole rings is 2. The van der Waals surface area contributed by atoms with Crippen LogP contribution in [-0.4, -0.2) is 88.2 Å². The second kappa shape index (κ2) is 25.4. The second-order valence-electron chi connectivity index (χ2n) is 17.5. The first kappa shape index (κ1) is 54.1. The highest BCUT2D eigenvalue weighted by molar-refractivity contribution is 7.15. The van der Waals surface area contributed by atoms with Gasteiger partial charge in [-0.25, -0.2) is 47.5 Å². The fourth-order valence-corrected chi connectivity index (χ4v) is 10.3. The average Bonchev–Trinajstić information content (AvgIpc) is 4.23. The van der Waals surface area contributed by atoms with Gasteiger partial charge >= 0.3 is 0 Å². The SMILES string of the molecule is Cl.Cl.Fc1ccc(-c2nc3sccn3c2-c2ccnc(NC3CCCNC3)n2)cc1.Fc1ccc(CN2CCCC(Nc3nccc(-c4c(-c5ccc(F)cc5)nc5sccn45)n3)C2)cc1.O=Cc1ccc(F)cc1. The minimum absolute atomic E-state index is 0. The lowest BCUT2D eigenvalue weighted by Gasteiger charge is -2.33. The van der Waals surface area contributed by atoms with Crippen molar-refractivity contribution >= 4 is 75.6 Å². The molecular formula is C54H50Cl2F4N12OS2. The molecule has 12 rings (SSSR count). The number of benzene rings is 4. The standard InChI is InChI=1S/C27H24F2N6S.C20H19FN6S.C7H5FO.2ClH/c28-20-7-3-18(4-8-20)16-34-13-1-2-22(17-34)31-26-30-12-11-23(32-26)25-24(19-5-9-21(29)10-6-19)33-27-35(25)14-15-36-27;21-14-5-3-13(4-6-14)17-18(27-10-11-28-20(27)26-17)16-7-9-23-19(25-16)24-15-2-1-8-22-12-15;8-7-3-1-6(5-9)2-4-7;;/h3-12,14-15,22H,1-2,13,16-17H2,(H,30,31,32);3-7,9-11,15,22H,1-2,8,12H2,(H,23,24,25);1-5H;2*1H. The fraction of sp³-hybridized carbons (Fsp3) is 0.204. The van der Waals surface area contributed by atoms with Gasteiger partial charge in [-0.2, -0.15) is 0 Å². The summed E-state index contributed by atoms with van der Waals surface area (Å²) in [6.45, 7) is 4.62. The normalized spacial score (nSPS) is 15.4. The summed E-state index contributed by atoms with van der Waals surface area (Å²) in [5.41, 5.74) is 8.10. The summed E-state index contributed by atoms with van der Waals surface area (Å²) >= 11 is 3.10. The molecule has 0 radical (unpaired) electrons. The number of anilines is 2. The van der Waals surface area contributed by atoms with E-state index in [1.807, 2.05) is 56.2 Å². The summed E-state index contributed by atoms with van der Waals surface area (Å²) in [6.07, 6.45) is 12.5. The molecule has 8 heterocycles. The Morgan fingerprint density at radius 1 is 0.600 bits per heavy atom. The van der Waals surface area contributed by atoms with Gasteiger partial charge in [-0.1, -0.05) is 12.1 Å². The molecule has 0 aliphatic carbocycles. The Morgan fingerprint density at radius 2 is 1.08 bits per heavy atom. The Bertz CT molecular complexity index is 3420. The molecule has 2 saturated heterocycles. The predicted molar refractivity (Wildman–Crippen MR) is 293 cm³/mol. The molecule has 21 heteroatoms. The number of rotatable bonds is 11. The van der Waals surface area contributed by atoms with Gasteiger partial charge in [-0.15, -0.1) is 47.5 Å². The largest absolute Gasteiger partial charge is 0.350 e. The molecule has 2 fully saturated rings. The Labute approximate surface area is 450 Å². The van der Waals surface area contributed by atoms with Crippen LogP contribution < -0.4 is 16.0 Å². The first-order valence-electron chi connectivity index (χ1n) is 23.7. The van der Waals surface area contributed by atoms with Gasteiger partial charge < -0.3 is 16.0 Å². The van der Waals surface area contributed by atoms with Crippen LogP contribution in [0.5, 0.6) is 0 Å². The lowest BCUT2D eigenvalue weighted by molar-refractivity contribution is 0.112. The van der Waals surface area contributed by atoms with E-state index in [9.17, 15) is 22.4 Å². The number of carbonyl (C=O) groups is 1. The van der Waals surface area contributed by atoms with E-state index in [0.29, 0.717) is 29.8 Å². The molecular weight excluding hydrogens is 1040 g/mol. The third kappa shape index (κ3) is 13.4. The molecule has 0 amide bonds. The van der Waals surface area contributed by atoms with E-state index in [0.717, 1.165) is 119 Å². The maximum Gasteiger partial charge on any atom is 0.223 e. The number of hydrogen-bond donors (Lipinski definition) is 3. The van der Waals surface area contributed by atoms with Crippen molar-refractivity contribution in [3.05, 3.63) is 179 Å². The van der Waals surface area contributed by atoms with Gasteiger partial charge in [-0.05, 0) is 141 Å². The molecule has 0 saturated carbocycles. The fourth-order valence-electron chi connectivity index (χ4n) is 8.85. The molecule has 386 valence electrons. The number of aldehydes is 1. The Morgan fingerprint density at radius 3 is 1.57 bits per heavy atom. The van der Waals surface area contributed by atoms with Gasteiger partial charge in [0.15, 0.2) is 9.92 Å². The molecule has 0 bridgehead atoms. The maximum atomic E-state index is 13.5. The lowest BCUT2D eigenvalue weighted by Crippen LogP contribution is -2.41. The smallest absolute Gasteiger partial charge is 0.223 e. The Hall–Kier alpha value is -7.13. The van der Waals surface area contributed by atoms with Crippen LogP contribution in [0.15, 0.2) is 145 Å². The topological polar surface area (TPSA) is 143 Å². The summed E-state index contributed by atoms with van der Waals surface area (Å²) in [6, 6.07) is 29.1. The molecule has 4 aromatic carbocycles. The number of thiazole rings is 2. The van der Waals surface area contributed by atoms with E-state index in [1.54, 1.807) is 59.3 Å². The quantitative estimate of drug-likeness (QED) is 0.0841. The summed E-state index contributed by atoms with van der Waals surface area (Å²) in [5, 5.41) is 14.3. The number of nitrogens with zero attached hydrogens (tertiary/aromatic N) is 9. The number of aromatic nitrogens is 8. The van der Waals surface area contributed by atoms with Crippen molar-refractivity contribution in [1.82, 2.24) is 48.9 Å². The number of halogens is 6. The van der Waals surface area contributed by atoms with E-state index >= 15 is 0 Å². The van der Waals surface area contributed by atoms with E-state index in [2.05, 4.69) is 30.8 Å². The van der Waals surface area contributed by atoms with Gasteiger partial charge in [0.05, 0.1) is 22.8 Å². The molecule has 2 aliphatic rings. The summed E-state index contributed by atoms with van der Waals surface area (Å²) in [4.78, 5) is 42.1. The number of carbonyl (C=O) groups excluding carboxylic acids is 1. The third-order valence-corrected chi connectivity index (χ3v) is 13.9. The molecule has 2 atom stereocenters. The molecule has 75 heavy (non-hydrogen) atoms. The van der Waals surface area contributed by atoms with Gasteiger partial charge in [-0.3, -0.25) is 18.5 Å². The van der Waals surface area contributed by atoms with Crippen molar-refractivity contribution < 1.29 is 22.4 Å². The lowest BCUT2D eigenvalue weighted by atomic mass is 10.0.